The predicted molar refractivity (Wildman–Crippen MR) is 68.0 cm³/mol. The molecule has 2 N–H and O–H groups in total. The van der Waals surface area contributed by atoms with Crippen LogP contribution in [0.5, 0.6) is 0 Å². The minimum Gasteiger partial charge on any atom is -0.347 e. The summed E-state index contributed by atoms with van der Waals surface area (Å²) < 4.78 is 3.40. The molecule has 0 atom stereocenters. The van der Waals surface area contributed by atoms with Crippen molar-refractivity contribution in [3.8, 4) is 0 Å². The lowest BCUT2D eigenvalue weighted by atomic mass is 10.2. The van der Waals surface area contributed by atoms with Crippen molar-refractivity contribution in [2.24, 2.45) is 12.8 Å². The third-order valence-corrected chi connectivity index (χ3v) is 3.38. The smallest absolute Gasteiger partial charge is 0.0624 e. The van der Waals surface area contributed by atoms with E-state index in [1.165, 1.54) is 16.6 Å². The summed E-state index contributed by atoms with van der Waals surface area (Å²) in [7, 11) is 2.11. The Labute approximate surface area is 98.2 Å². The Morgan fingerprint density at radius 2 is 2.20 bits per heavy atom. The highest BCUT2D eigenvalue weighted by Gasteiger charge is 2.07. The molecule has 1 aromatic heterocycles. The molecule has 2 aromatic rings. The topological polar surface area (TPSA) is 30.9 Å². The second-order valence-corrected chi connectivity index (χ2v) is 4.62. The van der Waals surface area contributed by atoms with Gasteiger partial charge in [0.05, 0.1) is 5.52 Å². The summed E-state index contributed by atoms with van der Waals surface area (Å²) >= 11 is 3.58. The number of nitrogens with zero attached hydrogens (tertiary/aromatic N) is 1. The number of hydrogen-bond acceptors (Lipinski definition) is 1. The molecule has 0 amide bonds. The van der Waals surface area contributed by atoms with Crippen LogP contribution in [0.4, 0.5) is 0 Å². The monoisotopic (exact) mass is 266 g/mol. The standard InChI is InChI=1S/C12H15BrN2/c1-15-10(5-3-7-14)8-9-4-2-6-11(13)12(9)15/h2,4,6,8H,3,5,7,14H2,1H3. The van der Waals surface area contributed by atoms with E-state index >= 15 is 0 Å². The van der Waals surface area contributed by atoms with Crippen LogP contribution in [-0.2, 0) is 13.5 Å². The van der Waals surface area contributed by atoms with E-state index in [0.717, 1.165) is 23.9 Å². The molecule has 0 aliphatic carbocycles. The minimum absolute atomic E-state index is 0.753. The number of rotatable bonds is 3. The molecule has 2 nitrogen and oxygen atoms in total. The fraction of sp³-hybridized carbons (Fsp3) is 0.333. The Balaban J connectivity index is 2.50. The first-order chi connectivity index (χ1) is 7.24. The van der Waals surface area contributed by atoms with E-state index in [-0.39, 0.29) is 0 Å². The van der Waals surface area contributed by atoms with E-state index < -0.39 is 0 Å². The van der Waals surface area contributed by atoms with Crippen LogP contribution in [0.1, 0.15) is 12.1 Å². The van der Waals surface area contributed by atoms with Crippen molar-refractivity contribution in [1.82, 2.24) is 4.57 Å². The van der Waals surface area contributed by atoms with Crippen molar-refractivity contribution in [2.75, 3.05) is 6.54 Å². The fourth-order valence-corrected chi connectivity index (χ4v) is 2.59. The molecule has 0 aliphatic rings. The first-order valence-corrected chi connectivity index (χ1v) is 5.96. The number of nitrogens with two attached hydrogens (primary N) is 1. The Bertz CT molecular complexity index is 474. The van der Waals surface area contributed by atoms with Crippen LogP contribution in [0, 0.1) is 0 Å². The average molecular weight is 267 g/mol. The minimum atomic E-state index is 0.753. The van der Waals surface area contributed by atoms with Crippen LogP contribution in [0.15, 0.2) is 28.7 Å². The lowest BCUT2D eigenvalue weighted by Gasteiger charge is -2.04. The van der Waals surface area contributed by atoms with Crippen LogP contribution in [0.25, 0.3) is 10.9 Å². The summed E-state index contributed by atoms with van der Waals surface area (Å²) in [6.07, 6.45) is 2.09. The number of hydrogen-bond donors (Lipinski definition) is 1. The predicted octanol–water partition coefficient (Wildman–Crippen LogP) is 2.83. The van der Waals surface area contributed by atoms with Crippen molar-refractivity contribution >= 4 is 26.8 Å². The molecule has 0 radical (unpaired) electrons. The van der Waals surface area contributed by atoms with E-state index in [2.05, 4.69) is 51.8 Å². The number of aryl methyl sites for hydroxylation is 2. The van der Waals surface area contributed by atoms with Gasteiger partial charge in [0.25, 0.3) is 0 Å². The molecule has 1 aromatic carbocycles. The van der Waals surface area contributed by atoms with Crippen LogP contribution in [0.2, 0.25) is 0 Å². The highest BCUT2D eigenvalue weighted by atomic mass is 79.9. The quantitative estimate of drug-likeness (QED) is 0.910. The van der Waals surface area contributed by atoms with Crippen molar-refractivity contribution < 1.29 is 0 Å². The molecule has 15 heavy (non-hydrogen) atoms. The van der Waals surface area contributed by atoms with Crippen LogP contribution in [0.3, 0.4) is 0 Å². The Kier molecular flexibility index (Phi) is 3.12. The normalized spacial score (nSPS) is 11.1. The first-order valence-electron chi connectivity index (χ1n) is 5.17. The van der Waals surface area contributed by atoms with Crippen LogP contribution in [-0.4, -0.2) is 11.1 Å². The van der Waals surface area contributed by atoms with Gasteiger partial charge in [-0.1, -0.05) is 12.1 Å². The maximum absolute atomic E-state index is 5.53. The zero-order chi connectivity index (χ0) is 10.8. The molecule has 0 fully saturated rings. The number of aromatic nitrogens is 1. The number of halogens is 1. The summed E-state index contributed by atoms with van der Waals surface area (Å²) in [4.78, 5) is 0. The maximum Gasteiger partial charge on any atom is 0.0624 e. The third kappa shape index (κ3) is 1.94. The second-order valence-electron chi connectivity index (χ2n) is 3.76. The molecule has 0 unspecified atom stereocenters. The van der Waals surface area contributed by atoms with Gasteiger partial charge in [-0.25, -0.2) is 0 Å². The van der Waals surface area contributed by atoms with Crippen LogP contribution < -0.4 is 5.73 Å². The van der Waals surface area contributed by atoms with E-state index in [0.29, 0.717) is 0 Å². The molecule has 0 saturated carbocycles. The maximum atomic E-state index is 5.53. The molecule has 0 bridgehead atoms. The fourth-order valence-electron chi connectivity index (χ4n) is 1.95. The Morgan fingerprint density at radius 3 is 2.87 bits per heavy atom. The SMILES string of the molecule is Cn1c(CCCN)cc2cccc(Br)c21. The van der Waals surface area contributed by atoms with Gasteiger partial charge in [0.2, 0.25) is 0 Å². The van der Waals surface area contributed by atoms with Gasteiger partial charge in [-0.15, -0.1) is 0 Å². The summed E-state index contributed by atoms with van der Waals surface area (Å²) in [5.74, 6) is 0. The van der Waals surface area contributed by atoms with Crippen molar-refractivity contribution in [2.45, 2.75) is 12.8 Å². The summed E-state index contributed by atoms with van der Waals surface area (Å²) in [6.45, 7) is 0.753. The number of benzene rings is 1. The van der Waals surface area contributed by atoms with Gasteiger partial charge in [0.1, 0.15) is 0 Å². The van der Waals surface area contributed by atoms with Gasteiger partial charge >= 0.3 is 0 Å². The third-order valence-electron chi connectivity index (χ3n) is 2.74. The molecule has 0 spiro atoms. The van der Waals surface area contributed by atoms with Crippen molar-refractivity contribution in [3.63, 3.8) is 0 Å². The van der Waals surface area contributed by atoms with Gasteiger partial charge in [0.15, 0.2) is 0 Å². The molecular weight excluding hydrogens is 252 g/mol. The van der Waals surface area contributed by atoms with E-state index in [1.54, 1.807) is 0 Å². The summed E-state index contributed by atoms with van der Waals surface area (Å²) in [5, 5.41) is 1.29. The lowest BCUT2D eigenvalue weighted by molar-refractivity contribution is 0.766. The zero-order valence-electron chi connectivity index (χ0n) is 8.83. The molecule has 1 heterocycles. The summed E-state index contributed by atoms with van der Waals surface area (Å²) in [6, 6.07) is 8.54. The van der Waals surface area contributed by atoms with Crippen LogP contribution >= 0.6 is 15.9 Å². The van der Waals surface area contributed by atoms with Crippen molar-refractivity contribution in [1.29, 1.82) is 0 Å². The van der Waals surface area contributed by atoms with Gasteiger partial charge in [-0.2, -0.15) is 0 Å². The Hall–Kier alpha value is -0.800. The highest BCUT2D eigenvalue weighted by Crippen LogP contribution is 2.26. The molecule has 80 valence electrons. The van der Waals surface area contributed by atoms with Gasteiger partial charge < -0.3 is 10.3 Å². The molecule has 0 saturated heterocycles. The van der Waals surface area contributed by atoms with E-state index in [1.807, 2.05) is 0 Å². The summed E-state index contributed by atoms with van der Waals surface area (Å²) in [5.41, 5.74) is 8.15. The molecule has 2 rings (SSSR count). The van der Waals surface area contributed by atoms with Gasteiger partial charge in [-0.05, 0) is 47.4 Å². The number of fused-ring (bicyclic) bond motifs is 1. The zero-order valence-corrected chi connectivity index (χ0v) is 10.4. The molecule has 3 heteroatoms. The largest absolute Gasteiger partial charge is 0.347 e. The highest BCUT2D eigenvalue weighted by molar-refractivity contribution is 9.10. The number of para-hydroxylation sites is 1. The van der Waals surface area contributed by atoms with Crippen molar-refractivity contribution in [3.05, 3.63) is 34.4 Å². The van der Waals surface area contributed by atoms with Gasteiger partial charge in [-0.3, -0.25) is 0 Å². The molecule has 0 aliphatic heterocycles. The second kappa shape index (κ2) is 4.37. The molecular formula is C12H15BrN2. The first kappa shape index (κ1) is 10.7. The Morgan fingerprint density at radius 1 is 1.40 bits per heavy atom. The van der Waals surface area contributed by atoms with E-state index in [9.17, 15) is 0 Å². The van der Waals surface area contributed by atoms with E-state index in [4.69, 9.17) is 5.73 Å². The van der Waals surface area contributed by atoms with Gasteiger partial charge in [0, 0.05) is 22.6 Å². The lowest BCUT2D eigenvalue weighted by Crippen LogP contribution is -2.03. The average Bonchev–Trinajstić information content (AvgIpc) is 2.54.